The number of carbonyl (C=O) groups excluding carboxylic acids is 1. The second-order valence-electron chi connectivity index (χ2n) is 5.75. The molecule has 0 atom stereocenters. The number of hydrogen-bond donors (Lipinski definition) is 1. The molecular formula is C19H15N3O3. The molecule has 6 nitrogen and oxygen atoms in total. The summed E-state index contributed by atoms with van der Waals surface area (Å²) in [5.41, 5.74) is 1.13. The Morgan fingerprint density at radius 3 is 2.64 bits per heavy atom. The van der Waals surface area contributed by atoms with Crippen molar-refractivity contribution in [3.8, 4) is 0 Å². The summed E-state index contributed by atoms with van der Waals surface area (Å²) >= 11 is 0. The van der Waals surface area contributed by atoms with Crippen LogP contribution in [0.3, 0.4) is 0 Å². The largest absolute Gasteiger partial charge is 0.451 e. The molecule has 2 heterocycles. The Labute approximate surface area is 142 Å². The highest BCUT2D eigenvalue weighted by Gasteiger charge is 2.14. The lowest BCUT2D eigenvalue weighted by molar-refractivity contribution is 0.0925. The van der Waals surface area contributed by atoms with Gasteiger partial charge in [-0.15, -0.1) is 0 Å². The third kappa shape index (κ3) is 2.67. The van der Waals surface area contributed by atoms with Crippen molar-refractivity contribution >= 4 is 27.6 Å². The van der Waals surface area contributed by atoms with E-state index in [4.69, 9.17) is 4.42 Å². The van der Waals surface area contributed by atoms with Crippen LogP contribution >= 0.6 is 0 Å². The van der Waals surface area contributed by atoms with Gasteiger partial charge in [0.15, 0.2) is 5.76 Å². The minimum absolute atomic E-state index is 0.164. The number of benzene rings is 2. The van der Waals surface area contributed by atoms with E-state index in [2.05, 4.69) is 10.4 Å². The highest BCUT2D eigenvalue weighted by molar-refractivity contribution is 5.96. The Balaban J connectivity index is 1.63. The fourth-order valence-corrected chi connectivity index (χ4v) is 2.85. The fraction of sp³-hybridized carbons (Fsp3) is 0.105. The van der Waals surface area contributed by atoms with Gasteiger partial charge in [-0.2, -0.15) is 5.10 Å². The van der Waals surface area contributed by atoms with Crippen molar-refractivity contribution in [2.45, 2.75) is 6.54 Å². The quantitative estimate of drug-likeness (QED) is 0.625. The molecule has 1 amide bonds. The maximum Gasteiger partial charge on any atom is 0.287 e. The number of rotatable bonds is 3. The maximum absolute atomic E-state index is 12.4. The summed E-state index contributed by atoms with van der Waals surface area (Å²) in [6, 6.07) is 16.4. The lowest BCUT2D eigenvalue weighted by Gasteiger charge is -2.08. The van der Waals surface area contributed by atoms with E-state index in [0.29, 0.717) is 16.7 Å². The van der Waals surface area contributed by atoms with Crippen molar-refractivity contribution in [1.82, 2.24) is 15.1 Å². The molecule has 0 saturated heterocycles. The van der Waals surface area contributed by atoms with Gasteiger partial charge in [0.2, 0.25) is 0 Å². The van der Waals surface area contributed by atoms with E-state index in [1.54, 1.807) is 25.2 Å². The first kappa shape index (κ1) is 15.1. The highest BCUT2D eigenvalue weighted by atomic mass is 16.3. The van der Waals surface area contributed by atoms with Crippen LogP contribution in [-0.4, -0.2) is 15.7 Å². The van der Waals surface area contributed by atoms with Crippen molar-refractivity contribution in [1.29, 1.82) is 0 Å². The number of furan rings is 1. The van der Waals surface area contributed by atoms with Gasteiger partial charge in [-0.25, -0.2) is 4.68 Å². The van der Waals surface area contributed by atoms with Gasteiger partial charge >= 0.3 is 0 Å². The number of fused-ring (bicyclic) bond motifs is 2. The molecule has 0 aliphatic rings. The van der Waals surface area contributed by atoms with E-state index < -0.39 is 0 Å². The van der Waals surface area contributed by atoms with Crippen molar-refractivity contribution in [2.75, 3.05) is 0 Å². The molecule has 0 aliphatic heterocycles. The normalized spacial score (nSPS) is 11.1. The van der Waals surface area contributed by atoms with Gasteiger partial charge in [0.25, 0.3) is 11.5 Å². The van der Waals surface area contributed by atoms with Crippen LogP contribution in [0.5, 0.6) is 0 Å². The van der Waals surface area contributed by atoms with Crippen LogP contribution in [0.25, 0.3) is 21.7 Å². The Morgan fingerprint density at radius 1 is 1.12 bits per heavy atom. The Bertz CT molecular complexity index is 1120. The molecule has 2 aromatic heterocycles. The van der Waals surface area contributed by atoms with E-state index in [1.807, 2.05) is 36.4 Å². The molecule has 6 heteroatoms. The number of nitrogens with one attached hydrogen (secondary N) is 1. The van der Waals surface area contributed by atoms with Crippen LogP contribution in [0.1, 0.15) is 16.2 Å². The summed E-state index contributed by atoms with van der Waals surface area (Å²) in [4.78, 5) is 24.5. The van der Waals surface area contributed by atoms with Crippen LogP contribution < -0.4 is 10.9 Å². The fourth-order valence-electron chi connectivity index (χ4n) is 2.85. The molecule has 2 aromatic carbocycles. The van der Waals surface area contributed by atoms with Crippen LogP contribution in [0, 0.1) is 0 Å². The van der Waals surface area contributed by atoms with Gasteiger partial charge in [0, 0.05) is 17.8 Å². The second kappa shape index (κ2) is 5.90. The number of nitrogens with zero attached hydrogens (tertiary/aromatic N) is 2. The molecule has 124 valence electrons. The number of amides is 1. The molecule has 1 N–H and O–H groups in total. The summed E-state index contributed by atoms with van der Waals surface area (Å²) in [6.45, 7) is 0.199. The molecule has 4 rings (SSSR count). The maximum atomic E-state index is 12.4. The number of para-hydroxylation sites is 1. The third-order valence-corrected chi connectivity index (χ3v) is 4.10. The summed E-state index contributed by atoms with van der Waals surface area (Å²) in [7, 11) is 1.60. The minimum atomic E-state index is -0.323. The van der Waals surface area contributed by atoms with Crippen molar-refractivity contribution in [2.24, 2.45) is 7.05 Å². The standard InChI is InChI=1S/C19H15N3O3/c1-22-19(24)14-8-4-3-7-13(14)15(21-22)11-20-18(23)17-10-12-6-2-5-9-16(12)25-17/h2-10H,11H2,1H3,(H,20,23). The number of aromatic nitrogens is 2. The number of hydrogen-bond acceptors (Lipinski definition) is 4. The monoisotopic (exact) mass is 333 g/mol. The SMILES string of the molecule is Cn1nc(CNC(=O)c2cc3ccccc3o2)c2ccccc2c1=O. The predicted molar refractivity (Wildman–Crippen MR) is 94.4 cm³/mol. The van der Waals surface area contributed by atoms with Crippen molar-refractivity contribution in [3.05, 3.63) is 76.4 Å². The molecule has 0 radical (unpaired) electrons. The zero-order valence-electron chi connectivity index (χ0n) is 13.5. The summed E-state index contributed by atoms with van der Waals surface area (Å²) in [5.74, 6) is -0.0775. The van der Waals surface area contributed by atoms with Gasteiger partial charge in [0.05, 0.1) is 17.6 Å². The van der Waals surface area contributed by atoms with E-state index in [9.17, 15) is 9.59 Å². The predicted octanol–water partition coefficient (Wildman–Crippen LogP) is 2.61. The van der Waals surface area contributed by atoms with Crippen LogP contribution in [0.4, 0.5) is 0 Å². The zero-order valence-corrected chi connectivity index (χ0v) is 13.5. The molecule has 4 aromatic rings. The van der Waals surface area contributed by atoms with Crippen LogP contribution in [-0.2, 0) is 13.6 Å². The molecule has 25 heavy (non-hydrogen) atoms. The highest BCUT2D eigenvalue weighted by Crippen LogP contribution is 2.19. The Morgan fingerprint density at radius 2 is 1.84 bits per heavy atom. The second-order valence-corrected chi connectivity index (χ2v) is 5.75. The van der Waals surface area contributed by atoms with Gasteiger partial charge in [0.1, 0.15) is 5.58 Å². The molecule has 0 saturated carbocycles. The first-order chi connectivity index (χ1) is 12.1. The Hall–Kier alpha value is -3.41. The molecular weight excluding hydrogens is 318 g/mol. The average Bonchev–Trinajstić information content (AvgIpc) is 3.07. The van der Waals surface area contributed by atoms with Gasteiger partial charge in [-0.1, -0.05) is 36.4 Å². The first-order valence-electron chi connectivity index (χ1n) is 7.85. The lowest BCUT2D eigenvalue weighted by atomic mass is 10.1. The number of aryl methyl sites for hydroxylation is 1. The van der Waals surface area contributed by atoms with Gasteiger partial charge in [-0.3, -0.25) is 9.59 Å². The molecule has 0 bridgehead atoms. The summed E-state index contributed by atoms with van der Waals surface area (Å²) in [6.07, 6.45) is 0. The van der Waals surface area contributed by atoms with E-state index >= 15 is 0 Å². The van der Waals surface area contributed by atoms with Crippen LogP contribution in [0.15, 0.2) is 63.8 Å². The van der Waals surface area contributed by atoms with Gasteiger partial charge in [-0.05, 0) is 18.2 Å². The molecule has 0 unspecified atom stereocenters. The topological polar surface area (TPSA) is 77.1 Å². The Kier molecular flexibility index (Phi) is 3.57. The third-order valence-electron chi connectivity index (χ3n) is 4.10. The molecule has 0 aliphatic carbocycles. The lowest BCUT2D eigenvalue weighted by Crippen LogP contribution is -2.27. The van der Waals surface area contributed by atoms with Crippen LogP contribution in [0.2, 0.25) is 0 Å². The van der Waals surface area contributed by atoms with E-state index in [0.717, 1.165) is 10.8 Å². The number of carbonyl (C=O) groups is 1. The average molecular weight is 333 g/mol. The smallest absolute Gasteiger partial charge is 0.287 e. The summed E-state index contributed by atoms with van der Waals surface area (Å²) in [5, 5.41) is 9.25. The molecule has 0 spiro atoms. The molecule has 0 fully saturated rings. The van der Waals surface area contributed by atoms with Crippen molar-refractivity contribution < 1.29 is 9.21 Å². The first-order valence-corrected chi connectivity index (χ1v) is 7.85. The van der Waals surface area contributed by atoms with Crippen molar-refractivity contribution in [3.63, 3.8) is 0 Å². The zero-order chi connectivity index (χ0) is 17.4. The van der Waals surface area contributed by atoms with Gasteiger partial charge < -0.3 is 9.73 Å². The van der Waals surface area contributed by atoms with E-state index in [-0.39, 0.29) is 23.8 Å². The minimum Gasteiger partial charge on any atom is -0.451 e. The van der Waals surface area contributed by atoms with E-state index in [1.165, 1.54) is 4.68 Å². The summed E-state index contributed by atoms with van der Waals surface area (Å²) < 4.78 is 6.84.